The summed E-state index contributed by atoms with van der Waals surface area (Å²) in [6, 6.07) is 65.0. The molecule has 294 valence electrons. The third-order valence-corrected chi connectivity index (χ3v) is 10.9. The largest absolute Gasteiger partial charge is 0.311 e. The number of hydrogen-bond acceptors (Lipinski definition) is 2. The topological polar surface area (TPSA) is 6.48 Å². The van der Waals surface area contributed by atoms with E-state index in [1.807, 2.05) is 60.7 Å². The second-order valence-electron chi connectivity index (χ2n) is 14.7. The maximum Gasteiger partial charge on any atom is 0.0629 e. The fourth-order valence-electron chi connectivity index (χ4n) is 7.71. The predicted octanol–water partition coefficient (Wildman–Crippen LogP) is 17.0. The zero-order chi connectivity index (χ0) is 50.2. The number of nitrogens with zero attached hydrogens (tertiary/aromatic N) is 2. The molecule has 0 radical (unpaired) electrons. The van der Waals surface area contributed by atoms with E-state index in [4.69, 9.17) is 13.7 Å². The van der Waals surface area contributed by atoms with Gasteiger partial charge in [-0.3, -0.25) is 0 Å². The molecule has 2 nitrogen and oxygen atoms in total. The van der Waals surface area contributed by atoms with E-state index in [1.54, 1.807) is 24.3 Å². The first-order valence-electron chi connectivity index (χ1n) is 25.3. The van der Waals surface area contributed by atoms with Gasteiger partial charge in [-0.15, -0.1) is 0 Å². The average Bonchev–Trinajstić information content (AvgIpc) is 3.43. The van der Waals surface area contributed by atoms with E-state index in [-0.39, 0.29) is 59.5 Å². The SMILES string of the molecule is [2H]c1c([2H])c([2H])c(-c2ccc(N(c3ccc(-c4ccccc4)cc3)c3ccc(-c4ccc(N(c5ccc(-c6ccccc6)cc5)c5ccc(-c6c([2H])c([2H])c([2H])c([2H])c6[2H])cc5)cc4)cc3)cc2)c([2H])c1[2H]. The van der Waals surface area contributed by atoms with Gasteiger partial charge in [0.2, 0.25) is 0 Å². The van der Waals surface area contributed by atoms with Crippen molar-refractivity contribution >= 4 is 34.1 Å². The molecule has 0 N–H and O–H groups in total. The molecule has 0 bridgehead atoms. The molecule has 0 aliphatic rings. The van der Waals surface area contributed by atoms with Crippen LogP contribution in [0, 0.1) is 0 Å². The molecule has 0 heterocycles. The molecule has 2 heteroatoms. The molecular formula is C60H44N2. The summed E-state index contributed by atoms with van der Waals surface area (Å²) in [6.45, 7) is 0. The molecule has 0 aliphatic heterocycles. The van der Waals surface area contributed by atoms with E-state index in [9.17, 15) is 0 Å². The van der Waals surface area contributed by atoms with E-state index in [0.29, 0.717) is 11.1 Å². The maximum absolute atomic E-state index is 8.56. The van der Waals surface area contributed by atoms with Crippen LogP contribution in [0.1, 0.15) is 13.7 Å². The third kappa shape index (κ3) is 8.18. The van der Waals surface area contributed by atoms with E-state index in [2.05, 4.69) is 131 Å². The summed E-state index contributed by atoms with van der Waals surface area (Å²) in [5.41, 5.74) is 12.9. The first kappa shape index (κ1) is 28.3. The van der Waals surface area contributed by atoms with E-state index < -0.39 is 12.1 Å². The van der Waals surface area contributed by atoms with Gasteiger partial charge in [0.25, 0.3) is 0 Å². The molecule has 0 spiro atoms. The van der Waals surface area contributed by atoms with Gasteiger partial charge < -0.3 is 9.80 Å². The van der Waals surface area contributed by atoms with Crippen LogP contribution in [-0.4, -0.2) is 0 Å². The summed E-state index contributed by atoms with van der Waals surface area (Å²) in [5.74, 6) is 0. The van der Waals surface area contributed by atoms with Crippen molar-refractivity contribution < 1.29 is 13.7 Å². The molecule has 62 heavy (non-hydrogen) atoms. The minimum absolute atomic E-state index is 0.149. The van der Waals surface area contributed by atoms with Gasteiger partial charge in [-0.1, -0.05) is 194 Å². The first-order valence-corrected chi connectivity index (χ1v) is 20.3. The van der Waals surface area contributed by atoms with Crippen molar-refractivity contribution in [1.82, 2.24) is 0 Å². The molecule has 0 amide bonds. The lowest BCUT2D eigenvalue weighted by atomic mass is 10.0. The van der Waals surface area contributed by atoms with Crippen LogP contribution in [0.25, 0.3) is 55.6 Å². The van der Waals surface area contributed by atoms with Crippen molar-refractivity contribution in [3.8, 4) is 55.6 Å². The van der Waals surface area contributed by atoms with Crippen molar-refractivity contribution in [3.05, 3.63) is 267 Å². The predicted molar refractivity (Wildman–Crippen MR) is 263 cm³/mol. The zero-order valence-corrected chi connectivity index (χ0v) is 33.5. The molecule has 0 unspecified atom stereocenters. The Kier molecular flexibility index (Phi) is 8.02. The molecule has 10 aromatic rings. The fourth-order valence-corrected chi connectivity index (χ4v) is 7.71. The highest BCUT2D eigenvalue weighted by molar-refractivity contribution is 5.83. The number of rotatable bonds is 11. The molecule has 0 fully saturated rings. The summed E-state index contributed by atoms with van der Waals surface area (Å²) in [6.07, 6.45) is 0. The van der Waals surface area contributed by atoms with Crippen LogP contribution in [0.15, 0.2) is 267 Å². The number of benzene rings is 10. The number of hydrogen-bond donors (Lipinski definition) is 0. The first-order chi connectivity index (χ1) is 34.9. The summed E-state index contributed by atoms with van der Waals surface area (Å²) in [5, 5.41) is 0. The maximum atomic E-state index is 8.56. The van der Waals surface area contributed by atoms with Crippen LogP contribution in [0.2, 0.25) is 0 Å². The van der Waals surface area contributed by atoms with Crippen molar-refractivity contribution in [3.63, 3.8) is 0 Å². The minimum atomic E-state index is -0.428. The van der Waals surface area contributed by atoms with Crippen LogP contribution in [0.5, 0.6) is 0 Å². The highest BCUT2D eigenvalue weighted by atomic mass is 15.1. The van der Waals surface area contributed by atoms with Crippen LogP contribution >= 0.6 is 0 Å². The Morgan fingerprint density at radius 2 is 0.387 bits per heavy atom. The highest BCUT2D eigenvalue weighted by Crippen LogP contribution is 2.40. The molecule has 0 aliphatic carbocycles. The molecule has 0 aromatic heterocycles. The Hall–Kier alpha value is -8.20. The fraction of sp³-hybridized carbons (Fsp3) is 0. The standard InChI is InChI=1S/C60H44N2/c1-5-13-45(14-6-1)49-21-33-55(34-22-49)61(56-35-23-50(24-36-56)46-15-7-2-8-16-46)59-41-29-53(30-42-59)54-31-43-60(44-32-54)62(57-37-25-51(26-38-57)47-17-9-3-10-18-47)58-39-27-52(28-40-58)48-19-11-4-12-20-48/h1-44H/i1D,3D,5D,6D,9D,10D,13D,14D,17D,18D. The van der Waals surface area contributed by atoms with Gasteiger partial charge in [0.1, 0.15) is 0 Å². The van der Waals surface area contributed by atoms with Crippen LogP contribution in [0.3, 0.4) is 0 Å². The summed E-state index contributed by atoms with van der Waals surface area (Å²) < 4.78 is 83.3. The molecule has 0 saturated carbocycles. The lowest BCUT2D eigenvalue weighted by Crippen LogP contribution is -2.10. The third-order valence-electron chi connectivity index (χ3n) is 10.9. The number of anilines is 6. The smallest absolute Gasteiger partial charge is 0.0629 e. The van der Waals surface area contributed by atoms with E-state index in [0.717, 1.165) is 67.5 Å². The monoisotopic (exact) mass is 802 g/mol. The summed E-state index contributed by atoms with van der Waals surface area (Å²) >= 11 is 0. The minimum Gasteiger partial charge on any atom is -0.311 e. The van der Waals surface area contributed by atoms with Gasteiger partial charge in [-0.2, -0.15) is 0 Å². The molecule has 10 rings (SSSR count). The van der Waals surface area contributed by atoms with E-state index in [1.165, 1.54) is 0 Å². The lowest BCUT2D eigenvalue weighted by Gasteiger charge is -2.27. The Bertz CT molecular complexity index is 3270. The van der Waals surface area contributed by atoms with Crippen molar-refractivity contribution in [2.45, 2.75) is 0 Å². The summed E-state index contributed by atoms with van der Waals surface area (Å²) in [7, 11) is 0. The van der Waals surface area contributed by atoms with Gasteiger partial charge in [0, 0.05) is 34.1 Å². The molecule has 0 atom stereocenters. The second-order valence-corrected chi connectivity index (χ2v) is 14.7. The molecule has 0 saturated heterocycles. The van der Waals surface area contributed by atoms with Gasteiger partial charge in [0.05, 0.1) is 13.7 Å². The Labute approximate surface area is 379 Å². The Morgan fingerprint density at radius 3 is 0.613 bits per heavy atom. The van der Waals surface area contributed by atoms with Crippen molar-refractivity contribution in [2.75, 3.05) is 9.80 Å². The highest BCUT2D eigenvalue weighted by Gasteiger charge is 2.16. The van der Waals surface area contributed by atoms with Crippen molar-refractivity contribution in [2.24, 2.45) is 0 Å². The van der Waals surface area contributed by atoms with Crippen molar-refractivity contribution in [1.29, 1.82) is 0 Å². The van der Waals surface area contributed by atoms with Gasteiger partial charge >= 0.3 is 0 Å². The molecule has 10 aromatic carbocycles. The lowest BCUT2D eigenvalue weighted by molar-refractivity contribution is 1.28. The zero-order valence-electron chi connectivity index (χ0n) is 43.5. The van der Waals surface area contributed by atoms with Crippen LogP contribution in [-0.2, 0) is 0 Å². The normalized spacial score (nSPS) is 13.2. The van der Waals surface area contributed by atoms with Gasteiger partial charge in [-0.05, 0) is 128 Å². The Balaban J connectivity index is 0.986. The van der Waals surface area contributed by atoms with Gasteiger partial charge in [-0.25, -0.2) is 0 Å². The second kappa shape index (κ2) is 17.6. The molecular weight excluding hydrogens is 749 g/mol. The Morgan fingerprint density at radius 1 is 0.194 bits per heavy atom. The quantitative estimate of drug-likeness (QED) is 0.129. The van der Waals surface area contributed by atoms with E-state index >= 15 is 0 Å². The average molecular weight is 803 g/mol. The van der Waals surface area contributed by atoms with Crippen LogP contribution in [0.4, 0.5) is 34.1 Å². The van der Waals surface area contributed by atoms with Gasteiger partial charge in [0.15, 0.2) is 0 Å². The summed E-state index contributed by atoms with van der Waals surface area (Å²) in [4.78, 5) is 4.24. The van der Waals surface area contributed by atoms with Crippen LogP contribution < -0.4 is 9.80 Å².